The Morgan fingerprint density at radius 1 is 0.900 bits per heavy atom. The van der Waals surface area contributed by atoms with Crippen molar-refractivity contribution < 1.29 is 9.47 Å². The number of rotatable bonds is 5. The fourth-order valence-electron chi connectivity index (χ4n) is 2.17. The number of hydrogen-bond donors (Lipinski definition) is 1. The molecule has 0 aromatic heterocycles. The number of ether oxygens (including phenoxy) is 2. The molecule has 0 aliphatic carbocycles. The van der Waals surface area contributed by atoms with Gasteiger partial charge in [0, 0.05) is 6.04 Å². The summed E-state index contributed by atoms with van der Waals surface area (Å²) in [6, 6.07) is 14.4. The van der Waals surface area contributed by atoms with Crippen LogP contribution < -0.4 is 15.2 Å². The van der Waals surface area contributed by atoms with Crippen LogP contribution in [-0.2, 0) is 0 Å². The highest BCUT2D eigenvalue weighted by Gasteiger charge is 2.07. The maximum absolute atomic E-state index is 6.03. The van der Waals surface area contributed by atoms with Gasteiger partial charge >= 0.3 is 0 Å². The molecule has 20 heavy (non-hydrogen) atoms. The van der Waals surface area contributed by atoms with Crippen molar-refractivity contribution in [2.75, 3.05) is 14.2 Å². The van der Waals surface area contributed by atoms with Gasteiger partial charge in [0.1, 0.15) is 0 Å². The molecular formula is C17H21NO2. The van der Waals surface area contributed by atoms with Gasteiger partial charge < -0.3 is 15.2 Å². The molecule has 0 fully saturated rings. The van der Waals surface area contributed by atoms with Crippen molar-refractivity contribution in [2.45, 2.75) is 19.4 Å². The predicted octanol–water partition coefficient (Wildman–Crippen LogP) is 3.78. The summed E-state index contributed by atoms with van der Waals surface area (Å²) in [7, 11) is 3.28. The van der Waals surface area contributed by atoms with E-state index in [4.69, 9.17) is 15.2 Å². The number of nitrogens with two attached hydrogens (primary N) is 1. The molecule has 2 aromatic carbocycles. The van der Waals surface area contributed by atoms with Crippen LogP contribution in [0.25, 0.3) is 11.1 Å². The van der Waals surface area contributed by atoms with E-state index in [2.05, 4.69) is 31.2 Å². The molecule has 3 nitrogen and oxygen atoms in total. The molecule has 0 radical (unpaired) electrons. The molecule has 0 amide bonds. The number of methoxy groups -OCH3 is 2. The minimum Gasteiger partial charge on any atom is -0.493 e. The van der Waals surface area contributed by atoms with Crippen LogP contribution in [0.1, 0.15) is 24.9 Å². The van der Waals surface area contributed by atoms with Crippen LogP contribution in [-0.4, -0.2) is 14.2 Å². The fourth-order valence-corrected chi connectivity index (χ4v) is 2.17. The average Bonchev–Trinajstić information content (AvgIpc) is 2.53. The van der Waals surface area contributed by atoms with Crippen molar-refractivity contribution in [1.82, 2.24) is 0 Å². The summed E-state index contributed by atoms with van der Waals surface area (Å²) in [5.74, 6) is 1.47. The van der Waals surface area contributed by atoms with Crippen molar-refractivity contribution in [3.05, 3.63) is 48.0 Å². The monoisotopic (exact) mass is 271 g/mol. The minimum absolute atomic E-state index is 0.106. The Kier molecular flexibility index (Phi) is 4.64. The predicted molar refractivity (Wildman–Crippen MR) is 82.2 cm³/mol. The van der Waals surface area contributed by atoms with Crippen LogP contribution in [0.3, 0.4) is 0 Å². The van der Waals surface area contributed by atoms with E-state index >= 15 is 0 Å². The van der Waals surface area contributed by atoms with E-state index < -0.39 is 0 Å². The molecule has 106 valence electrons. The van der Waals surface area contributed by atoms with Gasteiger partial charge in [-0.1, -0.05) is 37.3 Å². The van der Waals surface area contributed by atoms with Crippen molar-refractivity contribution in [3.63, 3.8) is 0 Å². The van der Waals surface area contributed by atoms with E-state index in [1.807, 2.05) is 18.2 Å². The van der Waals surface area contributed by atoms with Gasteiger partial charge in [0.25, 0.3) is 0 Å². The first-order valence-corrected chi connectivity index (χ1v) is 6.77. The highest BCUT2D eigenvalue weighted by atomic mass is 16.5. The summed E-state index contributed by atoms with van der Waals surface area (Å²) in [6.07, 6.45) is 0.940. The van der Waals surface area contributed by atoms with Gasteiger partial charge in [-0.15, -0.1) is 0 Å². The van der Waals surface area contributed by atoms with Gasteiger partial charge in [-0.2, -0.15) is 0 Å². The Hall–Kier alpha value is -2.00. The highest BCUT2D eigenvalue weighted by Crippen LogP contribution is 2.32. The lowest BCUT2D eigenvalue weighted by Gasteiger charge is -2.12. The Morgan fingerprint density at radius 2 is 1.50 bits per heavy atom. The molecule has 0 heterocycles. The molecule has 0 saturated carbocycles. The summed E-state index contributed by atoms with van der Waals surface area (Å²) in [5, 5.41) is 0. The standard InChI is InChI=1S/C17H21NO2/c1-4-15(18)13-7-5-12(6-8-13)14-9-10-16(19-2)17(11-14)20-3/h5-11,15H,4,18H2,1-3H3. The van der Waals surface area contributed by atoms with Gasteiger partial charge in [0.05, 0.1) is 14.2 Å². The van der Waals surface area contributed by atoms with Crippen molar-refractivity contribution in [1.29, 1.82) is 0 Å². The van der Waals surface area contributed by atoms with Crippen LogP contribution in [0, 0.1) is 0 Å². The van der Waals surface area contributed by atoms with E-state index in [-0.39, 0.29) is 6.04 Å². The normalized spacial score (nSPS) is 12.0. The zero-order valence-electron chi connectivity index (χ0n) is 12.2. The summed E-state index contributed by atoms with van der Waals surface area (Å²) >= 11 is 0. The molecule has 0 spiro atoms. The third kappa shape index (κ3) is 2.94. The molecule has 1 unspecified atom stereocenters. The summed E-state index contributed by atoms with van der Waals surface area (Å²) in [4.78, 5) is 0. The smallest absolute Gasteiger partial charge is 0.161 e. The lowest BCUT2D eigenvalue weighted by molar-refractivity contribution is 0.355. The van der Waals surface area contributed by atoms with Crippen molar-refractivity contribution >= 4 is 0 Å². The van der Waals surface area contributed by atoms with E-state index in [0.717, 1.165) is 34.6 Å². The Morgan fingerprint density at radius 3 is 2.05 bits per heavy atom. The summed E-state index contributed by atoms with van der Waals surface area (Å²) in [6.45, 7) is 2.09. The number of benzene rings is 2. The number of hydrogen-bond acceptors (Lipinski definition) is 3. The second kappa shape index (κ2) is 6.44. The SMILES string of the molecule is CCC(N)c1ccc(-c2ccc(OC)c(OC)c2)cc1. The molecule has 0 bridgehead atoms. The molecule has 2 rings (SSSR count). The minimum atomic E-state index is 0.106. The van der Waals surface area contributed by atoms with Gasteiger partial charge in [0.2, 0.25) is 0 Å². The Balaban J connectivity index is 2.32. The van der Waals surface area contributed by atoms with E-state index in [1.165, 1.54) is 0 Å². The van der Waals surface area contributed by atoms with E-state index in [0.29, 0.717) is 0 Å². The lowest BCUT2D eigenvalue weighted by Crippen LogP contribution is -2.08. The van der Waals surface area contributed by atoms with Crippen molar-refractivity contribution in [2.24, 2.45) is 5.73 Å². The van der Waals surface area contributed by atoms with Gasteiger partial charge in [-0.25, -0.2) is 0 Å². The average molecular weight is 271 g/mol. The van der Waals surface area contributed by atoms with Crippen LogP contribution in [0.5, 0.6) is 11.5 Å². The molecule has 1 atom stereocenters. The highest BCUT2D eigenvalue weighted by molar-refractivity contribution is 5.67. The molecule has 0 saturated heterocycles. The Labute approximate surface area is 120 Å². The van der Waals surface area contributed by atoms with Crippen LogP contribution in [0.4, 0.5) is 0 Å². The van der Waals surface area contributed by atoms with Crippen molar-refractivity contribution in [3.8, 4) is 22.6 Å². The summed E-state index contributed by atoms with van der Waals surface area (Å²) in [5.41, 5.74) is 9.43. The maximum atomic E-state index is 6.03. The lowest BCUT2D eigenvalue weighted by atomic mass is 10.00. The zero-order valence-corrected chi connectivity index (χ0v) is 12.2. The topological polar surface area (TPSA) is 44.5 Å². The third-order valence-corrected chi connectivity index (χ3v) is 3.50. The molecule has 0 aliphatic heterocycles. The molecular weight excluding hydrogens is 250 g/mol. The second-order valence-corrected chi connectivity index (χ2v) is 4.71. The van der Waals surface area contributed by atoms with Crippen LogP contribution in [0.15, 0.2) is 42.5 Å². The molecule has 0 aliphatic rings. The fraction of sp³-hybridized carbons (Fsp3) is 0.294. The van der Waals surface area contributed by atoms with Gasteiger partial charge in [0.15, 0.2) is 11.5 Å². The largest absolute Gasteiger partial charge is 0.493 e. The summed E-state index contributed by atoms with van der Waals surface area (Å²) < 4.78 is 10.6. The van der Waals surface area contributed by atoms with Gasteiger partial charge in [-0.3, -0.25) is 0 Å². The van der Waals surface area contributed by atoms with Crippen LogP contribution >= 0.6 is 0 Å². The third-order valence-electron chi connectivity index (χ3n) is 3.50. The van der Waals surface area contributed by atoms with E-state index in [9.17, 15) is 0 Å². The molecule has 3 heteroatoms. The Bertz CT molecular complexity index is 564. The first-order chi connectivity index (χ1) is 9.69. The quantitative estimate of drug-likeness (QED) is 0.900. The van der Waals surface area contributed by atoms with E-state index in [1.54, 1.807) is 14.2 Å². The first kappa shape index (κ1) is 14.4. The maximum Gasteiger partial charge on any atom is 0.161 e. The van der Waals surface area contributed by atoms with Crippen LogP contribution in [0.2, 0.25) is 0 Å². The zero-order chi connectivity index (χ0) is 14.5. The van der Waals surface area contributed by atoms with Gasteiger partial charge in [-0.05, 0) is 35.2 Å². The second-order valence-electron chi connectivity index (χ2n) is 4.71. The molecule has 2 aromatic rings. The first-order valence-electron chi connectivity index (χ1n) is 6.77. The molecule has 2 N–H and O–H groups in total.